The van der Waals surface area contributed by atoms with E-state index in [9.17, 15) is 8.60 Å². The van der Waals surface area contributed by atoms with E-state index >= 15 is 0 Å². The average Bonchev–Trinajstić information content (AvgIpc) is 2.41. The molecule has 2 N–H and O–H groups in total. The van der Waals surface area contributed by atoms with Crippen LogP contribution in [-0.2, 0) is 23.1 Å². The Hall–Kier alpha value is -1.23. The van der Waals surface area contributed by atoms with Crippen LogP contribution >= 0.6 is 11.6 Å². The molecule has 1 atom stereocenters. The average molecular weight is 298 g/mol. The van der Waals surface area contributed by atoms with Gasteiger partial charge in [0.05, 0.1) is 16.6 Å². The van der Waals surface area contributed by atoms with Crippen molar-refractivity contribution in [2.24, 2.45) is 5.73 Å². The molecule has 19 heavy (non-hydrogen) atoms. The number of nitrogens with two attached hydrogens (primary N) is 1. The minimum atomic E-state index is -1.24. The maximum Gasteiger partial charge on any atom is 0.123 e. The summed E-state index contributed by atoms with van der Waals surface area (Å²) in [5.74, 6) is -0.0407. The Kier molecular flexibility index (Phi) is 4.69. The fourth-order valence-corrected chi connectivity index (χ4v) is 3.14. The molecule has 100 valence electrons. The fraction of sp³-hybridized carbons (Fsp3) is 0.143. The standard InChI is InChI=1S/C14H13ClFNOS/c15-14-7-10(8-17)1-2-11(14)9-19(18)13-5-3-12(16)4-6-13/h1-7H,8-9,17H2. The Morgan fingerprint density at radius 3 is 2.42 bits per heavy atom. The fourth-order valence-electron chi connectivity index (χ4n) is 1.65. The van der Waals surface area contributed by atoms with Gasteiger partial charge < -0.3 is 5.73 Å². The lowest BCUT2D eigenvalue weighted by Gasteiger charge is -2.06. The van der Waals surface area contributed by atoms with Gasteiger partial charge >= 0.3 is 0 Å². The summed E-state index contributed by atoms with van der Waals surface area (Å²) in [7, 11) is -1.24. The van der Waals surface area contributed by atoms with Gasteiger partial charge in [-0.1, -0.05) is 23.7 Å². The summed E-state index contributed by atoms with van der Waals surface area (Å²) in [5, 5.41) is 0.554. The van der Waals surface area contributed by atoms with Crippen LogP contribution in [0.5, 0.6) is 0 Å². The van der Waals surface area contributed by atoms with Crippen molar-refractivity contribution in [1.29, 1.82) is 0 Å². The van der Waals surface area contributed by atoms with Crippen molar-refractivity contribution in [2.75, 3.05) is 0 Å². The summed E-state index contributed by atoms with van der Waals surface area (Å²) < 4.78 is 24.9. The van der Waals surface area contributed by atoms with Gasteiger partial charge in [-0.25, -0.2) is 4.39 Å². The molecule has 5 heteroatoms. The van der Waals surface area contributed by atoms with E-state index in [4.69, 9.17) is 17.3 Å². The molecule has 0 aliphatic heterocycles. The SMILES string of the molecule is NCc1ccc(CS(=O)c2ccc(F)cc2)c(Cl)c1. The van der Waals surface area contributed by atoms with Crippen molar-refractivity contribution in [2.45, 2.75) is 17.2 Å². The molecule has 2 nitrogen and oxygen atoms in total. The number of hydrogen-bond donors (Lipinski definition) is 1. The Morgan fingerprint density at radius 2 is 1.84 bits per heavy atom. The van der Waals surface area contributed by atoms with Crippen molar-refractivity contribution in [3.63, 3.8) is 0 Å². The first-order valence-electron chi connectivity index (χ1n) is 5.71. The van der Waals surface area contributed by atoms with Crippen LogP contribution in [0.2, 0.25) is 5.02 Å². The molecule has 2 rings (SSSR count). The van der Waals surface area contributed by atoms with Crippen LogP contribution in [-0.4, -0.2) is 4.21 Å². The van der Waals surface area contributed by atoms with Crippen molar-refractivity contribution in [1.82, 2.24) is 0 Å². The van der Waals surface area contributed by atoms with E-state index in [1.54, 1.807) is 6.07 Å². The third-order valence-electron chi connectivity index (χ3n) is 2.72. The highest BCUT2D eigenvalue weighted by Crippen LogP contribution is 2.21. The highest BCUT2D eigenvalue weighted by Gasteiger charge is 2.09. The van der Waals surface area contributed by atoms with Crippen LogP contribution < -0.4 is 5.73 Å². The lowest BCUT2D eigenvalue weighted by molar-refractivity contribution is 0.626. The van der Waals surface area contributed by atoms with E-state index < -0.39 is 10.8 Å². The molecule has 0 aliphatic carbocycles. The highest BCUT2D eigenvalue weighted by atomic mass is 35.5. The third kappa shape index (κ3) is 3.62. The third-order valence-corrected chi connectivity index (χ3v) is 4.44. The van der Waals surface area contributed by atoms with Crippen LogP contribution in [0.3, 0.4) is 0 Å². The summed E-state index contributed by atoms with van der Waals surface area (Å²) in [6, 6.07) is 11.1. The largest absolute Gasteiger partial charge is 0.326 e. The van der Waals surface area contributed by atoms with Gasteiger partial charge in [0.1, 0.15) is 5.82 Å². The molecule has 2 aromatic carbocycles. The van der Waals surface area contributed by atoms with E-state index in [0.29, 0.717) is 22.2 Å². The summed E-state index contributed by atoms with van der Waals surface area (Å²) in [4.78, 5) is 0.584. The predicted octanol–water partition coefficient (Wildman–Crippen LogP) is 3.25. The molecule has 1 unspecified atom stereocenters. The van der Waals surface area contributed by atoms with Gasteiger partial charge in [0, 0.05) is 16.5 Å². The Balaban J connectivity index is 2.17. The molecule has 2 aromatic rings. The first-order chi connectivity index (χ1) is 9.10. The van der Waals surface area contributed by atoms with Crippen LogP contribution in [0.1, 0.15) is 11.1 Å². The van der Waals surface area contributed by atoms with Crippen molar-refractivity contribution in [3.05, 3.63) is 64.4 Å². The second-order valence-electron chi connectivity index (χ2n) is 4.07. The summed E-state index contributed by atoms with van der Waals surface area (Å²) in [6.45, 7) is 0.418. The molecule has 0 heterocycles. The molecule has 0 radical (unpaired) electrons. The molecule has 0 fully saturated rings. The van der Waals surface area contributed by atoms with Gasteiger partial charge in [-0.3, -0.25) is 4.21 Å². The number of benzene rings is 2. The number of hydrogen-bond acceptors (Lipinski definition) is 2. The van der Waals surface area contributed by atoms with Crippen LogP contribution in [0.15, 0.2) is 47.4 Å². The Morgan fingerprint density at radius 1 is 1.16 bits per heavy atom. The first-order valence-corrected chi connectivity index (χ1v) is 7.41. The summed E-state index contributed by atoms with van der Waals surface area (Å²) in [6.07, 6.45) is 0. The van der Waals surface area contributed by atoms with Gasteiger partial charge in [-0.05, 0) is 41.5 Å². The molecule has 0 spiro atoms. The number of rotatable bonds is 4. The summed E-state index contributed by atoms with van der Waals surface area (Å²) in [5.41, 5.74) is 7.25. The zero-order chi connectivity index (χ0) is 13.8. The van der Waals surface area contributed by atoms with Crippen molar-refractivity contribution < 1.29 is 8.60 Å². The van der Waals surface area contributed by atoms with Crippen LogP contribution in [0.25, 0.3) is 0 Å². The highest BCUT2D eigenvalue weighted by molar-refractivity contribution is 7.84. The van der Waals surface area contributed by atoms with Gasteiger partial charge in [-0.2, -0.15) is 0 Å². The second-order valence-corrected chi connectivity index (χ2v) is 5.93. The maximum atomic E-state index is 12.8. The maximum absolute atomic E-state index is 12.8. The van der Waals surface area contributed by atoms with E-state index in [0.717, 1.165) is 11.1 Å². The smallest absolute Gasteiger partial charge is 0.123 e. The normalized spacial score (nSPS) is 12.4. The Labute approximate surface area is 118 Å². The lowest BCUT2D eigenvalue weighted by atomic mass is 10.1. The molecule has 0 saturated heterocycles. The first kappa shape index (κ1) is 14.2. The Bertz CT molecular complexity index is 601. The van der Waals surface area contributed by atoms with Crippen LogP contribution in [0.4, 0.5) is 4.39 Å². The van der Waals surface area contributed by atoms with Crippen molar-refractivity contribution in [3.8, 4) is 0 Å². The summed E-state index contributed by atoms with van der Waals surface area (Å²) >= 11 is 6.11. The van der Waals surface area contributed by atoms with E-state index in [1.165, 1.54) is 24.3 Å². The van der Waals surface area contributed by atoms with Crippen LogP contribution in [0, 0.1) is 5.82 Å². The van der Waals surface area contributed by atoms with Crippen molar-refractivity contribution >= 4 is 22.4 Å². The number of halogens is 2. The quantitative estimate of drug-likeness (QED) is 0.941. The molecular weight excluding hydrogens is 285 g/mol. The monoisotopic (exact) mass is 297 g/mol. The van der Waals surface area contributed by atoms with Gasteiger partial charge in [0.15, 0.2) is 0 Å². The molecule has 0 saturated carbocycles. The zero-order valence-corrected chi connectivity index (χ0v) is 11.7. The topological polar surface area (TPSA) is 43.1 Å². The minimum Gasteiger partial charge on any atom is -0.326 e. The molecule has 0 aliphatic rings. The van der Waals surface area contributed by atoms with Gasteiger partial charge in [0.25, 0.3) is 0 Å². The van der Waals surface area contributed by atoms with E-state index in [-0.39, 0.29) is 5.82 Å². The molecular formula is C14H13ClFNOS. The van der Waals surface area contributed by atoms with E-state index in [2.05, 4.69) is 0 Å². The van der Waals surface area contributed by atoms with E-state index in [1.807, 2.05) is 12.1 Å². The molecule has 0 aromatic heterocycles. The minimum absolute atomic E-state index is 0.301. The van der Waals surface area contributed by atoms with Gasteiger partial charge in [-0.15, -0.1) is 0 Å². The molecule has 0 amide bonds. The second kappa shape index (κ2) is 6.28. The predicted molar refractivity (Wildman–Crippen MR) is 75.9 cm³/mol. The zero-order valence-electron chi connectivity index (χ0n) is 10.1. The van der Waals surface area contributed by atoms with Gasteiger partial charge in [0.2, 0.25) is 0 Å². The lowest BCUT2D eigenvalue weighted by Crippen LogP contribution is -2.00. The molecule has 0 bridgehead atoms.